The van der Waals surface area contributed by atoms with Gasteiger partial charge in [0.05, 0.1) is 0 Å². The highest BCUT2D eigenvalue weighted by molar-refractivity contribution is 6.07. The summed E-state index contributed by atoms with van der Waals surface area (Å²) >= 11 is 0. The molecule has 0 aliphatic carbocycles. The maximum atomic E-state index is 12.7. The average molecular weight is 266 g/mol. The van der Waals surface area contributed by atoms with E-state index < -0.39 is 0 Å². The molecule has 1 amide bonds. The van der Waals surface area contributed by atoms with Crippen LogP contribution in [0.25, 0.3) is 0 Å². The van der Waals surface area contributed by atoms with Crippen LogP contribution in [0.2, 0.25) is 0 Å². The van der Waals surface area contributed by atoms with Gasteiger partial charge in [0, 0.05) is 23.5 Å². The van der Waals surface area contributed by atoms with E-state index >= 15 is 0 Å². The van der Waals surface area contributed by atoms with Gasteiger partial charge >= 0.3 is 0 Å². The lowest BCUT2D eigenvalue weighted by molar-refractivity contribution is 0.0989. The van der Waals surface area contributed by atoms with Crippen LogP contribution in [0.5, 0.6) is 0 Å². The number of anilines is 2. The summed E-state index contributed by atoms with van der Waals surface area (Å²) in [6.45, 7) is 4.75. The van der Waals surface area contributed by atoms with Gasteiger partial charge in [0.1, 0.15) is 0 Å². The second kappa shape index (κ2) is 4.67. The SMILES string of the molecule is Cc1cc(C)cc(C(=O)N2CCc3ccc(N)cc32)c1. The van der Waals surface area contributed by atoms with Crippen molar-refractivity contribution in [3.05, 3.63) is 58.7 Å². The van der Waals surface area contributed by atoms with Crippen LogP contribution < -0.4 is 10.6 Å². The summed E-state index contributed by atoms with van der Waals surface area (Å²) in [5, 5.41) is 0. The zero-order valence-electron chi connectivity index (χ0n) is 11.8. The van der Waals surface area contributed by atoms with Crippen LogP contribution in [0.1, 0.15) is 27.0 Å². The fraction of sp³-hybridized carbons (Fsp3) is 0.235. The molecule has 0 radical (unpaired) electrons. The van der Waals surface area contributed by atoms with Crippen molar-refractivity contribution in [3.63, 3.8) is 0 Å². The third-order valence-electron chi connectivity index (χ3n) is 3.72. The maximum Gasteiger partial charge on any atom is 0.258 e. The van der Waals surface area contributed by atoms with E-state index in [4.69, 9.17) is 5.73 Å². The van der Waals surface area contributed by atoms with Crippen molar-refractivity contribution in [2.75, 3.05) is 17.2 Å². The first-order valence-electron chi connectivity index (χ1n) is 6.83. The summed E-state index contributed by atoms with van der Waals surface area (Å²) in [4.78, 5) is 14.5. The molecule has 0 bridgehead atoms. The smallest absolute Gasteiger partial charge is 0.258 e. The maximum absolute atomic E-state index is 12.7. The van der Waals surface area contributed by atoms with E-state index in [1.165, 1.54) is 5.56 Å². The summed E-state index contributed by atoms with van der Waals surface area (Å²) in [6, 6.07) is 11.8. The molecule has 0 saturated heterocycles. The standard InChI is InChI=1S/C17H18N2O/c1-11-7-12(2)9-14(8-11)17(20)19-6-5-13-3-4-15(18)10-16(13)19/h3-4,7-10H,5-6,18H2,1-2H3. The Hall–Kier alpha value is -2.29. The lowest BCUT2D eigenvalue weighted by atomic mass is 10.1. The number of nitrogens with zero attached hydrogens (tertiary/aromatic N) is 1. The lowest BCUT2D eigenvalue weighted by Crippen LogP contribution is -2.29. The second-order valence-electron chi connectivity index (χ2n) is 5.47. The minimum absolute atomic E-state index is 0.0566. The number of aryl methyl sites for hydroxylation is 2. The number of nitrogen functional groups attached to an aromatic ring is 1. The molecular formula is C17H18N2O. The Morgan fingerprint density at radius 1 is 1.10 bits per heavy atom. The fourth-order valence-electron chi connectivity index (χ4n) is 2.86. The summed E-state index contributed by atoms with van der Waals surface area (Å²) in [7, 11) is 0. The van der Waals surface area contributed by atoms with Gasteiger partial charge in [-0.15, -0.1) is 0 Å². The number of amides is 1. The minimum Gasteiger partial charge on any atom is -0.399 e. The van der Waals surface area contributed by atoms with Gasteiger partial charge in [-0.3, -0.25) is 4.79 Å². The molecule has 0 unspecified atom stereocenters. The molecule has 1 aliphatic heterocycles. The quantitative estimate of drug-likeness (QED) is 0.806. The molecule has 0 saturated carbocycles. The average Bonchev–Trinajstić information content (AvgIpc) is 2.79. The number of benzene rings is 2. The molecule has 0 atom stereocenters. The van der Waals surface area contributed by atoms with Crippen molar-refractivity contribution in [3.8, 4) is 0 Å². The molecule has 3 rings (SSSR count). The first-order valence-corrected chi connectivity index (χ1v) is 6.83. The summed E-state index contributed by atoms with van der Waals surface area (Å²) in [5.41, 5.74) is 11.7. The van der Waals surface area contributed by atoms with Crippen molar-refractivity contribution in [2.45, 2.75) is 20.3 Å². The van der Waals surface area contributed by atoms with E-state index in [2.05, 4.69) is 6.07 Å². The van der Waals surface area contributed by atoms with Crippen LogP contribution in [0.4, 0.5) is 11.4 Å². The van der Waals surface area contributed by atoms with E-state index in [-0.39, 0.29) is 5.91 Å². The van der Waals surface area contributed by atoms with Crippen LogP contribution in [0, 0.1) is 13.8 Å². The highest BCUT2D eigenvalue weighted by Gasteiger charge is 2.25. The highest BCUT2D eigenvalue weighted by Crippen LogP contribution is 2.31. The van der Waals surface area contributed by atoms with E-state index in [0.717, 1.165) is 35.3 Å². The normalized spacial score (nSPS) is 13.4. The van der Waals surface area contributed by atoms with Gasteiger partial charge in [0.2, 0.25) is 0 Å². The number of rotatable bonds is 1. The monoisotopic (exact) mass is 266 g/mol. The van der Waals surface area contributed by atoms with E-state index in [1.807, 2.05) is 49.1 Å². The molecule has 0 fully saturated rings. The van der Waals surface area contributed by atoms with Gasteiger partial charge in [-0.1, -0.05) is 23.3 Å². The first-order chi connectivity index (χ1) is 9.54. The Balaban J connectivity index is 1.99. The van der Waals surface area contributed by atoms with Crippen molar-refractivity contribution in [2.24, 2.45) is 0 Å². The Bertz CT molecular complexity index is 671. The Labute approximate surface area is 119 Å². The van der Waals surface area contributed by atoms with E-state index in [9.17, 15) is 4.79 Å². The van der Waals surface area contributed by atoms with Gasteiger partial charge in [-0.05, 0) is 50.1 Å². The lowest BCUT2D eigenvalue weighted by Gasteiger charge is -2.18. The molecule has 0 spiro atoms. The Morgan fingerprint density at radius 2 is 1.80 bits per heavy atom. The molecule has 102 valence electrons. The van der Waals surface area contributed by atoms with Crippen molar-refractivity contribution < 1.29 is 4.79 Å². The number of hydrogen-bond acceptors (Lipinski definition) is 2. The largest absolute Gasteiger partial charge is 0.399 e. The fourth-order valence-corrected chi connectivity index (χ4v) is 2.86. The molecule has 1 heterocycles. The molecule has 20 heavy (non-hydrogen) atoms. The highest BCUT2D eigenvalue weighted by atomic mass is 16.2. The van der Waals surface area contributed by atoms with Crippen molar-refractivity contribution in [1.82, 2.24) is 0 Å². The van der Waals surface area contributed by atoms with Crippen LogP contribution in [-0.4, -0.2) is 12.5 Å². The van der Waals surface area contributed by atoms with Crippen LogP contribution in [0.15, 0.2) is 36.4 Å². The summed E-state index contributed by atoms with van der Waals surface area (Å²) in [6.07, 6.45) is 0.895. The summed E-state index contributed by atoms with van der Waals surface area (Å²) in [5.74, 6) is 0.0566. The molecule has 3 heteroatoms. The number of fused-ring (bicyclic) bond motifs is 1. The number of carbonyl (C=O) groups excluding carboxylic acids is 1. The van der Waals surface area contributed by atoms with E-state index in [1.54, 1.807) is 0 Å². The molecular weight excluding hydrogens is 248 g/mol. The first kappa shape index (κ1) is 12.7. The molecule has 2 aromatic carbocycles. The number of nitrogens with two attached hydrogens (primary N) is 1. The number of hydrogen-bond donors (Lipinski definition) is 1. The van der Waals surface area contributed by atoms with E-state index in [0.29, 0.717) is 5.69 Å². The van der Waals surface area contributed by atoms with Gasteiger partial charge in [0.15, 0.2) is 0 Å². The van der Waals surface area contributed by atoms with Crippen LogP contribution >= 0.6 is 0 Å². The van der Waals surface area contributed by atoms with Gasteiger partial charge in [-0.2, -0.15) is 0 Å². The molecule has 2 aromatic rings. The predicted octanol–water partition coefficient (Wildman–Crippen LogP) is 3.09. The second-order valence-corrected chi connectivity index (χ2v) is 5.47. The molecule has 0 aromatic heterocycles. The molecule has 1 aliphatic rings. The number of carbonyl (C=O) groups is 1. The van der Waals surface area contributed by atoms with Crippen molar-refractivity contribution in [1.29, 1.82) is 0 Å². The predicted molar refractivity (Wildman–Crippen MR) is 82.2 cm³/mol. The molecule has 3 nitrogen and oxygen atoms in total. The minimum atomic E-state index is 0.0566. The third kappa shape index (κ3) is 2.16. The van der Waals surface area contributed by atoms with Crippen LogP contribution in [-0.2, 0) is 6.42 Å². The summed E-state index contributed by atoms with van der Waals surface area (Å²) < 4.78 is 0. The van der Waals surface area contributed by atoms with Gasteiger partial charge in [-0.25, -0.2) is 0 Å². The zero-order valence-corrected chi connectivity index (χ0v) is 11.8. The Morgan fingerprint density at radius 3 is 2.50 bits per heavy atom. The topological polar surface area (TPSA) is 46.3 Å². The Kier molecular flexibility index (Phi) is 2.97. The van der Waals surface area contributed by atoms with Gasteiger partial charge < -0.3 is 10.6 Å². The zero-order chi connectivity index (χ0) is 14.3. The van der Waals surface area contributed by atoms with Crippen LogP contribution in [0.3, 0.4) is 0 Å². The third-order valence-corrected chi connectivity index (χ3v) is 3.72. The van der Waals surface area contributed by atoms with Gasteiger partial charge in [0.25, 0.3) is 5.91 Å². The molecule has 2 N–H and O–H groups in total. The van der Waals surface area contributed by atoms with Crippen molar-refractivity contribution >= 4 is 17.3 Å².